The lowest BCUT2D eigenvalue weighted by molar-refractivity contribution is -0.384. The first-order chi connectivity index (χ1) is 12.9. The van der Waals surface area contributed by atoms with Gasteiger partial charge in [-0.3, -0.25) is 10.1 Å². The van der Waals surface area contributed by atoms with Crippen LogP contribution in [0.3, 0.4) is 0 Å². The minimum atomic E-state index is -3.74. The zero-order valence-electron chi connectivity index (χ0n) is 14.8. The van der Waals surface area contributed by atoms with Crippen molar-refractivity contribution in [1.29, 1.82) is 0 Å². The number of benzene rings is 1. The average Bonchev–Trinajstić information content (AvgIpc) is 2.69. The van der Waals surface area contributed by atoms with E-state index >= 15 is 0 Å². The molecule has 0 bridgehead atoms. The topological polar surface area (TPSA) is 115 Å². The van der Waals surface area contributed by atoms with Gasteiger partial charge in [-0.1, -0.05) is 6.42 Å². The number of methoxy groups -OCH3 is 1. The van der Waals surface area contributed by atoms with Crippen LogP contribution in [0.2, 0.25) is 0 Å². The van der Waals surface area contributed by atoms with Crippen molar-refractivity contribution in [2.45, 2.75) is 24.2 Å². The Labute approximate surface area is 157 Å². The molecular formula is C17H20N4O5S. The summed E-state index contributed by atoms with van der Waals surface area (Å²) in [5.74, 6) is 0.415. The van der Waals surface area contributed by atoms with Gasteiger partial charge in [-0.15, -0.1) is 0 Å². The molecule has 0 radical (unpaired) electrons. The Kier molecular flexibility index (Phi) is 5.57. The second kappa shape index (κ2) is 7.89. The molecule has 9 nitrogen and oxygen atoms in total. The standard InChI is InChI=1S/C17H20N4O5S/c1-26-17-8-5-13(12-18-17)19-15-7-6-14(11-16(15)21(22)23)27(24,25)20-9-3-2-4-10-20/h5-8,11-12,19H,2-4,9-10H2,1H3. The van der Waals surface area contributed by atoms with Crippen molar-refractivity contribution in [1.82, 2.24) is 9.29 Å². The molecule has 1 aromatic heterocycles. The average molecular weight is 392 g/mol. The third-order valence-corrected chi connectivity index (χ3v) is 6.24. The van der Waals surface area contributed by atoms with Crippen molar-refractivity contribution in [2.24, 2.45) is 0 Å². The van der Waals surface area contributed by atoms with Crippen molar-refractivity contribution in [3.05, 3.63) is 46.6 Å². The molecule has 1 aliphatic rings. The summed E-state index contributed by atoms with van der Waals surface area (Å²) in [5.41, 5.74) is 0.388. The van der Waals surface area contributed by atoms with Crippen LogP contribution in [0.25, 0.3) is 0 Å². The number of anilines is 2. The van der Waals surface area contributed by atoms with E-state index in [1.54, 1.807) is 12.1 Å². The van der Waals surface area contributed by atoms with E-state index in [0.29, 0.717) is 24.7 Å². The van der Waals surface area contributed by atoms with Crippen LogP contribution >= 0.6 is 0 Å². The normalized spacial score (nSPS) is 15.3. The van der Waals surface area contributed by atoms with E-state index in [9.17, 15) is 18.5 Å². The fourth-order valence-electron chi connectivity index (χ4n) is 2.91. The molecule has 3 rings (SSSR count). The van der Waals surface area contributed by atoms with Gasteiger partial charge in [0.1, 0.15) is 5.69 Å². The Bertz CT molecular complexity index is 925. The lowest BCUT2D eigenvalue weighted by Crippen LogP contribution is -2.35. The molecule has 1 aliphatic heterocycles. The third-order valence-electron chi connectivity index (χ3n) is 4.34. The maximum absolute atomic E-state index is 12.8. The second-order valence-corrected chi connectivity index (χ2v) is 8.05. The minimum absolute atomic E-state index is 0.0745. The highest BCUT2D eigenvalue weighted by Crippen LogP contribution is 2.32. The number of nitrogens with one attached hydrogen (secondary N) is 1. The summed E-state index contributed by atoms with van der Waals surface area (Å²) in [7, 11) is -2.26. The van der Waals surface area contributed by atoms with E-state index in [1.165, 1.54) is 29.7 Å². The van der Waals surface area contributed by atoms with Crippen LogP contribution in [0.4, 0.5) is 17.1 Å². The van der Waals surface area contributed by atoms with Crippen LogP contribution in [0, 0.1) is 10.1 Å². The van der Waals surface area contributed by atoms with Crippen LogP contribution in [-0.4, -0.2) is 42.8 Å². The summed E-state index contributed by atoms with van der Waals surface area (Å²) in [5, 5.41) is 14.4. The number of nitro groups is 1. The number of ether oxygens (including phenoxy) is 1. The molecule has 0 amide bonds. The van der Waals surface area contributed by atoms with Gasteiger partial charge in [-0.25, -0.2) is 13.4 Å². The minimum Gasteiger partial charge on any atom is -0.481 e. The number of aromatic nitrogens is 1. The molecule has 10 heteroatoms. The Morgan fingerprint density at radius 1 is 1.19 bits per heavy atom. The van der Waals surface area contributed by atoms with E-state index in [0.717, 1.165) is 25.3 Å². The van der Waals surface area contributed by atoms with E-state index in [2.05, 4.69) is 10.3 Å². The van der Waals surface area contributed by atoms with Crippen molar-refractivity contribution in [3.8, 4) is 5.88 Å². The maximum atomic E-state index is 12.8. The van der Waals surface area contributed by atoms with E-state index < -0.39 is 14.9 Å². The zero-order chi connectivity index (χ0) is 19.4. The fraction of sp³-hybridized carbons (Fsp3) is 0.353. The summed E-state index contributed by atoms with van der Waals surface area (Å²) in [6.45, 7) is 0.876. The van der Waals surface area contributed by atoms with Gasteiger partial charge in [0.25, 0.3) is 5.69 Å². The smallest absolute Gasteiger partial charge is 0.294 e. The molecule has 0 unspecified atom stereocenters. The van der Waals surface area contributed by atoms with Crippen LogP contribution in [0.5, 0.6) is 5.88 Å². The summed E-state index contributed by atoms with van der Waals surface area (Å²) in [6, 6.07) is 7.16. The zero-order valence-corrected chi connectivity index (χ0v) is 15.6. The second-order valence-electron chi connectivity index (χ2n) is 6.12. The highest BCUT2D eigenvalue weighted by Gasteiger charge is 2.28. The predicted octanol–water partition coefficient (Wildman–Crippen LogP) is 2.92. The molecule has 0 aliphatic carbocycles. The van der Waals surface area contributed by atoms with Gasteiger partial charge >= 0.3 is 0 Å². The molecule has 2 aromatic rings. The number of nitrogens with zero attached hydrogens (tertiary/aromatic N) is 3. The highest BCUT2D eigenvalue weighted by molar-refractivity contribution is 7.89. The number of rotatable bonds is 6. The molecule has 1 N–H and O–H groups in total. The van der Waals surface area contributed by atoms with Crippen molar-refractivity contribution in [3.63, 3.8) is 0 Å². The third kappa shape index (κ3) is 4.17. The van der Waals surface area contributed by atoms with Gasteiger partial charge in [0.2, 0.25) is 15.9 Å². The van der Waals surface area contributed by atoms with Crippen molar-refractivity contribution < 1.29 is 18.1 Å². The summed E-state index contributed by atoms with van der Waals surface area (Å²) in [4.78, 5) is 14.8. The van der Waals surface area contributed by atoms with Gasteiger partial charge in [-0.05, 0) is 31.0 Å². The van der Waals surface area contributed by atoms with Crippen molar-refractivity contribution >= 4 is 27.1 Å². The number of hydrogen-bond acceptors (Lipinski definition) is 7. The molecule has 1 saturated heterocycles. The molecule has 144 valence electrons. The number of hydrogen-bond donors (Lipinski definition) is 1. The largest absolute Gasteiger partial charge is 0.481 e. The van der Waals surface area contributed by atoms with Crippen LogP contribution in [-0.2, 0) is 10.0 Å². The van der Waals surface area contributed by atoms with Gasteiger partial charge in [0.05, 0.1) is 28.8 Å². The van der Waals surface area contributed by atoms with Crippen LogP contribution < -0.4 is 10.1 Å². The van der Waals surface area contributed by atoms with Crippen LogP contribution in [0.15, 0.2) is 41.4 Å². The number of piperidine rings is 1. The van der Waals surface area contributed by atoms with Gasteiger partial charge in [0, 0.05) is 25.2 Å². The molecule has 1 fully saturated rings. The van der Waals surface area contributed by atoms with E-state index in [-0.39, 0.29) is 16.3 Å². The van der Waals surface area contributed by atoms with Crippen molar-refractivity contribution in [2.75, 3.05) is 25.5 Å². The first-order valence-corrected chi connectivity index (χ1v) is 9.91. The summed E-state index contributed by atoms with van der Waals surface area (Å²) in [6.07, 6.45) is 4.06. The summed E-state index contributed by atoms with van der Waals surface area (Å²) < 4.78 is 31.9. The molecule has 27 heavy (non-hydrogen) atoms. The Balaban J connectivity index is 1.91. The quantitative estimate of drug-likeness (QED) is 0.594. The Morgan fingerprint density at radius 2 is 1.93 bits per heavy atom. The maximum Gasteiger partial charge on any atom is 0.294 e. The van der Waals surface area contributed by atoms with Gasteiger partial charge in [-0.2, -0.15) is 4.31 Å². The first-order valence-electron chi connectivity index (χ1n) is 8.47. The lowest BCUT2D eigenvalue weighted by atomic mass is 10.2. The fourth-order valence-corrected chi connectivity index (χ4v) is 4.45. The molecule has 2 heterocycles. The Morgan fingerprint density at radius 3 is 2.52 bits per heavy atom. The number of pyridine rings is 1. The van der Waals surface area contributed by atoms with E-state index in [4.69, 9.17) is 4.74 Å². The number of nitro benzene ring substituents is 1. The predicted molar refractivity (Wildman–Crippen MR) is 99.8 cm³/mol. The molecule has 0 spiro atoms. The monoisotopic (exact) mass is 392 g/mol. The number of sulfonamides is 1. The molecule has 0 saturated carbocycles. The van der Waals surface area contributed by atoms with Crippen LogP contribution in [0.1, 0.15) is 19.3 Å². The summed E-state index contributed by atoms with van der Waals surface area (Å²) >= 11 is 0. The molecular weight excluding hydrogens is 372 g/mol. The van der Waals surface area contributed by atoms with Gasteiger partial charge < -0.3 is 10.1 Å². The highest BCUT2D eigenvalue weighted by atomic mass is 32.2. The lowest BCUT2D eigenvalue weighted by Gasteiger charge is -2.25. The molecule has 0 atom stereocenters. The molecule has 1 aromatic carbocycles. The van der Waals surface area contributed by atoms with E-state index in [1.807, 2.05) is 0 Å². The SMILES string of the molecule is COc1ccc(Nc2ccc(S(=O)(=O)N3CCCCC3)cc2[N+](=O)[O-])cn1. The first kappa shape index (κ1) is 19.1. The van der Waals surface area contributed by atoms with Gasteiger partial charge in [0.15, 0.2) is 0 Å². The Hall–Kier alpha value is -2.72.